The first-order valence-corrected chi connectivity index (χ1v) is 8.27. The van der Waals surface area contributed by atoms with Crippen LogP contribution in [0, 0.1) is 17.2 Å². The highest BCUT2D eigenvalue weighted by atomic mass is 19.4. The van der Waals surface area contributed by atoms with Crippen molar-refractivity contribution in [1.29, 1.82) is 5.26 Å². The third kappa shape index (κ3) is 4.53. The van der Waals surface area contributed by atoms with Gasteiger partial charge in [-0.3, -0.25) is 4.68 Å². The van der Waals surface area contributed by atoms with Crippen molar-refractivity contribution in [3.05, 3.63) is 36.2 Å². The summed E-state index contributed by atoms with van der Waals surface area (Å²) in [5, 5.41) is 13.5. The summed E-state index contributed by atoms with van der Waals surface area (Å²) < 4.78 is 43.0. The van der Waals surface area contributed by atoms with E-state index >= 15 is 0 Å². The van der Waals surface area contributed by atoms with E-state index in [9.17, 15) is 18.4 Å². The molecule has 1 saturated carbocycles. The second-order valence-corrected chi connectivity index (χ2v) is 6.32. The van der Waals surface area contributed by atoms with Gasteiger partial charge in [-0.25, -0.2) is 0 Å². The lowest BCUT2D eigenvalue weighted by Crippen LogP contribution is -2.17. The smallest absolute Gasteiger partial charge is 0.406 e. The molecule has 0 radical (unpaired) electrons. The van der Waals surface area contributed by atoms with Gasteiger partial charge in [0.15, 0.2) is 0 Å². The second kappa shape index (κ2) is 7.18. The van der Waals surface area contributed by atoms with Crippen molar-refractivity contribution in [2.45, 2.75) is 45.0 Å². The Bertz CT molecular complexity index is 771. The number of hydrogen-bond acceptors (Lipinski definition) is 3. The van der Waals surface area contributed by atoms with E-state index in [1.807, 2.05) is 10.8 Å². The van der Waals surface area contributed by atoms with Gasteiger partial charge in [0.1, 0.15) is 5.75 Å². The van der Waals surface area contributed by atoms with Crippen LogP contribution in [0.15, 0.2) is 30.6 Å². The van der Waals surface area contributed by atoms with E-state index < -0.39 is 6.36 Å². The molecule has 0 N–H and O–H groups in total. The summed E-state index contributed by atoms with van der Waals surface area (Å²) in [5.74, 6) is 0.235. The number of hydrogen-bond donors (Lipinski definition) is 0. The van der Waals surface area contributed by atoms with Crippen molar-refractivity contribution >= 4 is 0 Å². The summed E-state index contributed by atoms with van der Waals surface area (Å²) >= 11 is 0. The number of nitriles is 1. The first-order chi connectivity index (χ1) is 11.9. The van der Waals surface area contributed by atoms with Crippen molar-refractivity contribution in [1.82, 2.24) is 9.78 Å². The lowest BCUT2D eigenvalue weighted by Gasteiger charge is -2.21. The van der Waals surface area contributed by atoms with Gasteiger partial charge in [0, 0.05) is 23.9 Å². The largest absolute Gasteiger partial charge is 0.573 e. The fourth-order valence-electron chi connectivity index (χ4n) is 3.29. The monoisotopic (exact) mass is 349 g/mol. The van der Waals surface area contributed by atoms with Gasteiger partial charge in [-0.2, -0.15) is 10.4 Å². The molecule has 132 valence electrons. The molecule has 1 fully saturated rings. The first-order valence-electron chi connectivity index (χ1n) is 8.27. The maximum atomic E-state index is 12.4. The Morgan fingerprint density at radius 2 is 2.00 bits per heavy atom. The summed E-state index contributed by atoms with van der Waals surface area (Å²) in [6, 6.07) is 5.70. The Morgan fingerprint density at radius 1 is 1.24 bits per heavy atom. The number of rotatable bonds is 4. The van der Waals surface area contributed by atoms with E-state index in [0.717, 1.165) is 12.6 Å². The van der Waals surface area contributed by atoms with Gasteiger partial charge in [-0.05, 0) is 37.0 Å². The van der Waals surface area contributed by atoms with E-state index in [4.69, 9.17) is 0 Å². The van der Waals surface area contributed by atoms with Crippen LogP contribution in [0.5, 0.6) is 5.75 Å². The standard InChI is InChI=1S/C18H18F3N3O/c19-18(20,21)25-16-7-6-14(9-22)17(8-16)15-10-23-24(12-15)11-13-4-2-1-3-5-13/h6-8,10,12-13H,1-5,11H2. The Hall–Kier alpha value is -2.49. The van der Waals surface area contributed by atoms with E-state index in [0.29, 0.717) is 17.0 Å². The van der Waals surface area contributed by atoms with Crippen LogP contribution in [-0.4, -0.2) is 16.1 Å². The summed E-state index contributed by atoms with van der Waals surface area (Å²) in [4.78, 5) is 0. The van der Waals surface area contributed by atoms with E-state index in [1.54, 1.807) is 12.4 Å². The molecule has 25 heavy (non-hydrogen) atoms. The van der Waals surface area contributed by atoms with Gasteiger partial charge >= 0.3 is 6.36 Å². The molecule has 1 aliphatic rings. The van der Waals surface area contributed by atoms with Crippen LogP contribution in [-0.2, 0) is 6.54 Å². The molecule has 1 heterocycles. The van der Waals surface area contributed by atoms with Crippen LogP contribution in [0.3, 0.4) is 0 Å². The number of alkyl halides is 3. The Labute approximate surface area is 143 Å². The Balaban J connectivity index is 1.82. The number of aromatic nitrogens is 2. The molecule has 0 unspecified atom stereocenters. The molecule has 0 aliphatic heterocycles. The van der Waals surface area contributed by atoms with E-state index in [1.165, 1.54) is 44.2 Å². The van der Waals surface area contributed by atoms with Crippen LogP contribution in [0.1, 0.15) is 37.7 Å². The van der Waals surface area contributed by atoms with Gasteiger partial charge < -0.3 is 4.74 Å². The summed E-state index contributed by atoms with van der Waals surface area (Å²) in [6.07, 6.45) is 4.68. The molecule has 0 saturated heterocycles. The highest BCUT2D eigenvalue weighted by Crippen LogP contribution is 2.31. The predicted octanol–water partition coefficient (Wildman–Crippen LogP) is 4.90. The van der Waals surface area contributed by atoms with Gasteiger partial charge in [-0.1, -0.05) is 19.3 Å². The van der Waals surface area contributed by atoms with Crippen LogP contribution < -0.4 is 4.74 Å². The molecule has 0 bridgehead atoms. The first kappa shape index (κ1) is 17.3. The number of ether oxygens (including phenoxy) is 1. The zero-order chi connectivity index (χ0) is 17.9. The SMILES string of the molecule is N#Cc1ccc(OC(F)(F)F)cc1-c1cnn(CC2CCCCC2)c1. The maximum absolute atomic E-state index is 12.4. The number of benzene rings is 1. The molecule has 0 amide bonds. The minimum Gasteiger partial charge on any atom is -0.406 e. The highest BCUT2D eigenvalue weighted by molar-refractivity contribution is 5.71. The molecular weight excluding hydrogens is 331 g/mol. The molecule has 1 aliphatic carbocycles. The summed E-state index contributed by atoms with van der Waals surface area (Å²) in [6.45, 7) is 0.792. The summed E-state index contributed by atoms with van der Waals surface area (Å²) in [5.41, 5.74) is 1.28. The highest BCUT2D eigenvalue weighted by Gasteiger charge is 2.31. The topological polar surface area (TPSA) is 50.8 Å². The van der Waals surface area contributed by atoms with Crippen LogP contribution in [0.25, 0.3) is 11.1 Å². The molecule has 3 rings (SSSR count). The third-order valence-corrected chi connectivity index (χ3v) is 4.46. The van der Waals surface area contributed by atoms with E-state index in [-0.39, 0.29) is 11.3 Å². The lowest BCUT2D eigenvalue weighted by molar-refractivity contribution is -0.274. The van der Waals surface area contributed by atoms with Crippen molar-refractivity contribution < 1.29 is 17.9 Å². The second-order valence-electron chi connectivity index (χ2n) is 6.32. The van der Waals surface area contributed by atoms with Gasteiger partial charge in [0.25, 0.3) is 0 Å². The lowest BCUT2D eigenvalue weighted by atomic mass is 9.89. The average molecular weight is 349 g/mol. The average Bonchev–Trinajstić information content (AvgIpc) is 3.02. The number of nitrogens with zero attached hydrogens (tertiary/aromatic N) is 3. The quantitative estimate of drug-likeness (QED) is 0.789. The minimum atomic E-state index is -4.77. The summed E-state index contributed by atoms with van der Waals surface area (Å²) in [7, 11) is 0. The molecule has 0 spiro atoms. The maximum Gasteiger partial charge on any atom is 0.573 e. The fourth-order valence-corrected chi connectivity index (χ4v) is 3.29. The number of halogens is 3. The molecule has 0 atom stereocenters. The van der Waals surface area contributed by atoms with Crippen molar-refractivity contribution in [3.8, 4) is 22.9 Å². The molecule has 2 aromatic rings. The van der Waals surface area contributed by atoms with E-state index in [2.05, 4.69) is 9.84 Å². The molecule has 7 heteroatoms. The third-order valence-electron chi connectivity index (χ3n) is 4.46. The normalized spacial score (nSPS) is 15.8. The zero-order valence-electron chi connectivity index (χ0n) is 13.6. The molecule has 1 aromatic heterocycles. The molecule has 1 aromatic carbocycles. The van der Waals surface area contributed by atoms with Crippen molar-refractivity contribution in [2.75, 3.05) is 0 Å². The molecular formula is C18H18F3N3O. The zero-order valence-corrected chi connectivity index (χ0v) is 13.6. The predicted molar refractivity (Wildman–Crippen MR) is 85.6 cm³/mol. The van der Waals surface area contributed by atoms with Crippen LogP contribution >= 0.6 is 0 Å². The van der Waals surface area contributed by atoms with Crippen LogP contribution in [0.2, 0.25) is 0 Å². The molecule has 4 nitrogen and oxygen atoms in total. The Morgan fingerprint density at radius 3 is 2.68 bits per heavy atom. The Kier molecular flexibility index (Phi) is 4.98. The minimum absolute atomic E-state index is 0.284. The van der Waals surface area contributed by atoms with Gasteiger partial charge in [-0.15, -0.1) is 13.2 Å². The van der Waals surface area contributed by atoms with Gasteiger partial charge in [0.05, 0.1) is 17.8 Å². The van der Waals surface area contributed by atoms with Crippen molar-refractivity contribution in [2.24, 2.45) is 5.92 Å². The van der Waals surface area contributed by atoms with Gasteiger partial charge in [0.2, 0.25) is 0 Å². The fraction of sp³-hybridized carbons (Fsp3) is 0.444. The van der Waals surface area contributed by atoms with Crippen molar-refractivity contribution in [3.63, 3.8) is 0 Å². The van der Waals surface area contributed by atoms with Crippen LogP contribution in [0.4, 0.5) is 13.2 Å².